The highest BCUT2D eigenvalue weighted by Gasteiger charge is 2.31. The summed E-state index contributed by atoms with van der Waals surface area (Å²) in [5.41, 5.74) is 5.35. The molecule has 5 unspecified atom stereocenters. The SMILES string of the molecule is CCC(C)C(NC(=O)C(CO)NC(=O)C(CCC(=O)O)NC(=O)C(N)CO)C(=O)O. The van der Waals surface area contributed by atoms with Gasteiger partial charge in [-0.05, 0) is 12.3 Å². The molecule has 0 aromatic heterocycles. The minimum absolute atomic E-state index is 0.352. The van der Waals surface area contributed by atoms with Crippen molar-refractivity contribution in [2.24, 2.45) is 11.7 Å². The molecule has 0 fully saturated rings. The summed E-state index contributed by atoms with van der Waals surface area (Å²) in [4.78, 5) is 58.8. The standard InChI is InChI=1S/C17H30N4O9/c1-3-8(2)13(17(29)30)21-16(28)11(7-23)20-15(27)10(4-5-12(24)25)19-14(26)9(18)6-22/h8-11,13,22-23H,3-7,18H2,1-2H3,(H,19,26)(H,20,27)(H,21,28)(H,24,25)(H,29,30). The minimum atomic E-state index is -1.54. The number of nitrogens with two attached hydrogens (primary N) is 1. The van der Waals surface area contributed by atoms with Crippen LogP contribution in [-0.2, 0) is 24.0 Å². The van der Waals surface area contributed by atoms with Crippen LogP contribution < -0.4 is 21.7 Å². The summed E-state index contributed by atoms with van der Waals surface area (Å²) in [5.74, 6) is -5.83. The lowest BCUT2D eigenvalue weighted by Gasteiger charge is -2.25. The average molecular weight is 434 g/mol. The molecule has 0 rings (SSSR count). The molecule has 0 saturated carbocycles. The molecule has 0 aromatic carbocycles. The van der Waals surface area contributed by atoms with Crippen LogP contribution in [0.3, 0.4) is 0 Å². The molecule has 0 heterocycles. The lowest BCUT2D eigenvalue weighted by Crippen LogP contribution is -2.59. The number of aliphatic carboxylic acids is 2. The Kier molecular flexibility index (Phi) is 12.2. The van der Waals surface area contributed by atoms with Gasteiger partial charge in [0.1, 0.15) is 24.2 Å². The number of hydrogen-bond acceptors (Lipinski definition) is 8. The number of carboxylic acid groups (broad SMARTS) is 2. The molecule has 0 aromatic rings. The Morgan fingerprint density at radius 1 is 0.867 bits per heavy atom. The van der Waals surface area contributed by atoms with Crippen LogP contribution in [0.4, 0.5) is 0 Å². The first kappa shape index (κ1) is 27.2. The molecule has 0 bridgehead atoms. The van der Waals surface area contributed by atoms with Crippen LogP contribution in [0.15, 0.2) is 0 Å². The molecule has 0 spiro atoms. The van der Waals surface area contributed by atoms with E-state index in [-0.39, 0.29) is 6.42 Å². The van der Waals surface area contributed by atoms with Crippen molar-refractivity contribution < 1.29 is 44.4 Å². The van der Waals surface area contributed by atoms with Crippen LogP contribution in [-0.4, -0.2) is 87.5 Å². The molecule has 0 aliphatic carbocycles. The Bertz CT molecular complexity index is 628. The molecule has 0 radical (unpaired) electrons. The van der Waals surface area contributed by atoms with Crippen molar-refractivity contribution in [3.63, 3.8) is 0 Å². The predicted octanol–water partition coefficient (Wildman–Crippen LogP) is -3.25. The first-order chi connectivity index (χ1) is 14.0. The molecule has 9 N–H and O–H groups in total. The van der Waals surface area contributed by atoms with E-state index in [9.17, 15) is 34.2 Å². The lowest BCUT2D eigenvalue weighted by molar-refractivity contribution is -0.144. The van der Waals surface area contributed by atoms with E-state index in [1.807, 2.05) is 0 Å². The van der Waals surface area contributed by atoms with E-state index in [0.717, 1.165) is 0 Å². The van der Waals surface area contributed by atoms with Gasteiger partial charge in [0.2, 0.25) is 17.7 Å². The second kappa shape index (κ2) is 13.5. The van der Waals surface area contributed by atoms with Crippen LogP contribution in [0.2, 0.25) is 0 Å². The summed E-state index contributed by atoms with van der Waals surface area (Å²) >= 11 is 0. The summed E-state index contributed by atoms with van der Waals surface area (Å²) in [5, 5.41) is 43.0. The molecule has 0 saturated heterocycles. The predicted molar refractivity (Wildman–Crippen MR) is 102 cm³/mol. The number of hydrogen-bond donors (Lipinski definition) is 8. The van der Waals surface area contributed by atoms with Gasteiger partial charge in [0.05, 0.1) is 13.2 Å². The monoisotopic (exact) mass is 434 g/mol. The van der Waals surface area contributed by atoms with Gasteiger partial charge in [0.25, 0.3) is 0 Å². The van der Waals surface area contributed by atoms with Gasteiger partial charge in [-0.2, -0.15) is 0 Å². The zero-order chi connectivity index (χ0) is 23.4. The zero-order valence-corrected chi connectivity index (χ0v) is 16.8. The Morgan fingerprint density at radius 3 is 1.83 bits per heavy atom. The van der Waals surface area contributed by atoms with Gasteiger partial charge in [0.15, 0.2) is 0 Å². The van der Waals surface area contributed by atoms with Gasteiger partial charge in [0, 0.05) is 6.42 Å². The highest BCUT2D eigenvalue weighted by atomic mass is 16.4. The average Bonchev–Trinajstić information content (AvgIpc) is 2.70. The number of nitrogens with one attached hydrogen (secondary N) is 3. The van der Waals surface area contributed by atoms with Crippen molar-refractivity contribution in [2.75, 3.05) is 13.2 Å². The number of amides is 3. The molecule has 0 aliphatic rings. The van der Waals surface area contributed by atoms with Crippen LogP contribution in [0.25, 0.3) is 0 Å². The molecule has 30 heavy (non-hydrogen) atoms. The summed E-state index contributed by atoms with van der Waals surface area (Å²) in [6.07, 6.45) is -0.408. The fourth-order valence-corrected chi connectivity index (χ4v) is 2.30. The topological polar surface area (TPSA) is 228 Å². The van der Waals surface area contributed by atoms with Crippen molar-refractivity contribution in [1.82, 2.24) is 16.0 Å². The van der Waals surface area contributed by atoms with Crippen molar-refractivity contribution in [3.8, 4) is 0 Å². The van der Waals surface area contributed by atoms with Gasteiger partial charge >= 0.3 is 11.9 Å². The molecular weight excluding hydrogens is 404 g/mol. The fourth-order valence-electron chi connectivity index (χ4n) is 2.30. The summed E-state index contributed by atoms with van der Waals surface area (Å²) in [7, 11) is 0. The second-order valence-electron chi connectivity index (χ2n) is 6.74. The molecule has 13 heteroatoms. The Labute approximate surface area is 173 Å². The molecule has 0 aliphatic heterocycles. The van der Waals surface area contributed by atoms with Crippen LogP contribution in [0.5, 0.6) is 0 Å². The summed E-state index contributed by atoms with van der Waals surface area (Å²) in [6.45, 7) is 1.74. The molecule has 3 amide bonds. The lowest BCUT2D eigenvalue weighted by atomic mass is 9.99. The van der Waals surface area contributed by atoms with Crippen LogP contribution in [0, 0.1) is 5.92 Å². The largest absolute Gasteiger partial charge is 0.481 e. The smallest absolute Gasteiger partial charge is 0.326 e. The van der Waals surface area contributed by atoms with Gasteiger partial charge in [-0.1, -0.05) is 20.3 Å². The van der Waals surface area contributed by atoms with Gasteiger partial charge in [-0.25, -0.2) is 4.79 Å². The Balaban J connectivity index is 5.28. The quantitative estimate of drug-likeness (QED) is 0.136. The molecule has 172 valence electrons. The number of aliphatic hydroxyl groups excluding tert-OH is 2. The summed E-state index contributed by atoms with van der Waals surface area (Å²) < 4.78 is 0. The van der Waals surface area contributed by atoms with E-state index in [0.29, 0.717) is 6.42 Å². The maximum Gasteiger partial charge on any atom is 0.326 e. The van der Waals surface area contributed by atoms with E-state index in [2.05, 4.69) is 16.0 Å². The third kappa shape index (κ3) is 9.15. The van der Waals surface area contributed by atoms with Crippen molar-refractivity contribution in [2.45, 2.75) is 57.3 Å². The Hall–Kier alpha value is -2.77. The number of carbonyl (C=O) groups is 5. The van der Waals surface area contributed by atoms with Gasteiger partial charge in [-0.15, -0.1) is 0 Å². The highest BCUT2D eigenvalue weighted by molar-refractivity contribution is 5.94. The van der Waals surface area contributed by atoms with Crippen LogP contribution in [0.1, 0.15) is 33.1 Å². The normalized spacial score (nSPS) is 15.8. The van der Waals surface area contributed by atoms with E-state index in [4.69, 9.17) is 15.9 Å². The fraction of sp³-hybridized carbons (Fsp3) is 0.706. The van der Waals surface area contributed by atoms with Crippen molar-refractivity contribution >= 4 is 29.7 Å². The zero-order valence-electron chi connectivity index (χ0n) is 16.8. The first-order valence-electron chi connectivity index (χ1n) is 9.31. The molecular formula is C17H30N4O9. The maximum atomic E-state index is 12.5. The van der Waals surface area contributed by atoms with E-state index >= 15 is 0 Å². The number of aliphatic hydroxyl groups is 2. The van der Waals surface area contributed by atoms with Crippen LogP contribution >= 0.6 is 0 Å². The van der Waals surface area contributed by atoms with Gasteiger partial charge < -0.3 is 42.1 Å². The number of rotatable bonds is 14. The number of carboxylic acids is 2. The third-order valence-electron chi connectivity index (χ3n) is 4.41. The van der Waals surface area contributed by atoms with Crippen molar-refractivity contribution in [3.05, 3.63) is 0 Å². The summed E-state index contributed by atoms with van der Waals surface area (Å²) in [6, 6.07) is -5.57. The molecule has 13 nitrogen and oxygen atoms in total. The highest BCUT2D eigenvalue weighted by Crippen LogP contribution is 2.08. The Morgan fingerprint density at radius 2 is 1.40 bits per heavy atom. The number of carbonyl (C=O) groups excluding carboxylic acids is 3. The maximum absolute atomic E-state index is 12.5. The third-order valence-corrected chi connectivity index (χ3v) is 4.41. The van der Waals surface area contributed by atoms with E-state index in [1.165, 1.54) is 0 Å². The van der Waals surface area contributed by atoms with Crippen molar-refractivity contribution in [1.29, 1.82) is 0 Å². The minimum Gasteiger partial charge on any atom is -0.481 e. The van der Waals surface area contributed by atoms with E-state index in [1.54, 1.807) is 13.8 Å². The first-order valence-corrected chi connectivity index (χ1v) is 9.31. The van der Waals surface area contributed by atoms with Gasteiger partial charge in [-0.3, -0.25) is 19.2 Å². The molecule has 5 atom stereocenters. The second-order valence-corrected chi connectivity index (χ2v) is 6.74. The van der Waals surface area contributed by atoms with E-state index < -0.39 is 79.4 Å².